The van der Waals surface area contributed by atoms with Crippen LogP contribution in [0.15, 0.2) is 60.7 Å². The van der Waals surface area contributed by atoms with E-state index in [4.69, 9.17) is 0 Å². The van der Waals surface area contributed by atoms with Crippen molar-refractivity contribution in [1.29, 1.82) is 0 Å². The second kappa shape index (κ2) is 9.47. The quantitative estimate of drug-likeness (QED) is 0.602. The fourth-order valence-electron chi connectivity index (χ4n) is 1.61. The van der Waals surface area contributed by atoms with E-state index in [-0.39, 0.29) is 0 Å². The van der Waals surface area contributed by atoms with Crippen LogP contribution >= 0.6 is 0 Å². The first-order chi connectivity index (χ1) is 8.45. The minimum absolute atomic E-state index is 0.634. The van der Waals surface area contributed by atoms with Crippen LogP contribution in [0.1, 0.15) is 31.9 Å². The Bertz CT molecular complexity index is 389. The van der Waals surface area contributed by atoms with Gasteiger partial charge >= 0.3 is 0 Å². The molecule has 0 unspecified atom stereocenters. The van der Waals surface area contributed by atoms with E-state index in [2.05, 4.69) is 77.6 Å². The fourth-order valence-corrected chi connectivity index (χ4v) is 1.61. The lowest BCUT2D eigenvalue weighted by molar-refractivity contribution is 0.825. The molecule has 0 heteroatoms. The Labute approximate surface area is 113 Å². The molecule has 0 saturated carbocycles. The van der Waals surface area contributed by atoms with Gasteiger partial charge in [-0.2, -0.15) is 0 Å². The van der Waals surface area contributed by atoms with Gasteiger partial charge in [0.2, 0.25) is 0 Å². The molecular formula is C18H26. The number of benzene rings is 1. The standard InChI is InChI=1S/C10H16.C8H10/c1-5-6-7-10(4)8-9(2)3;1-7-4-3-5-8(2)6-7/h5-9H,1H2,2-4H3;3-6H,1-2H3/b7-6-,10-8-;. The van der Waals surface area contributed by atoms with Gasteiger partial charge in [0.15, 0.2) is 0 Å². The topological polar surface area (TPSA) is 0 Å². The zero-order valence-corrected chi connectivity index (χ0v) is 12.4. The highest BCUT2D eigenvalue weighted by atomic mass is 13.9. The van der Waals surface area contributed by atoms with E-state index in [0.29, 0.717) is 5.92 Å². The summed E-state index contributed by atoms with van der Waals surface area (Å²) >= 11 is 0. The van der Waals surface area contributed by atoms with Gasteiger partial charge < -0.3 is 0 Å². The van der Waals surface area contributed by atoms with Gasteiger partial charge in [-0.25, -0.2) is 0 Å². The van der Waals surface area contributed by atoms with Gasteiger partial charge in [-0.15, -0.1) is 0 Å². The van der Waals surface area contributed by atoms with E-state index in [9.17, 15) is 0 Å². The maximum atomic E-state index is 3.60. The number of rotatable bonds is 3. The van der Waals surface area contributed by atoms with Crippen molar-refractivity contribution < 1.29 is 0 Å². The summed E-state index contributed by atoms with van der Waals surface area (Å²) in [5.74, 6) is 0.634. The minimum Gasteiger partial charge on any atom is -0.0991 e. The second-order valence-electron chi connectivity index (χ2n) is 4.91. The van der Waals surface area contributed by atoms with E-state index in [1.807, 2.05) is 6.08 Å². The van der Waals surface area contributed by atoms with Gasteiger partial charge in [-0.3, -0.25) is 0 Å². The van der Waals surface area contributed by atoms with Crippen LogP contribution < -0.4 is 0 Å². The predicted molar refractivity (Wildman–Crippen MR) is 83.8 cm³/mol. The molecule has 0 bridgehead atoms. The molecule has 0 aliphatic carbocycles. The van der Waals surface area contributed by atoms with Crippen LogP contribution in [-0.2, 0) is 0 Å². The van der Waals surface area contributed by atoms with Crippen molar-refractivity contribution in [2.45, 2.75) is 34.6 Å². The first kappa shape index (κ1) is 16.4. The first-order valence-corrected chi connectivity index (χ1v) is 6.46. The molecule has 0 radical (unpaired) electrons. The van der Waals surface area contributed by atoms with Crippen molar-refractivity contribution in [3.8, 4) is 0 Å². The third kappa shape index (κ3) is 9.65. The summed E-state index contributed by atoms with van der Waals surface area (Å²) in [7, 11) is 0. The summed E-state index contributed by atoms with van der Waals surface area (Å²) < 4.78 is 0. The van der Waals surface area contributed by atoms with Gasteiger partial charge in [0.1, 0.15) is 0 Å². The molecule has 0 heterocycles. The Hall–Kier alpha value is -1.56. The number of aryl methyl sites for hydroxylation is 2. The zero-order chi connectivity index (χ0) is 14.0. The van der Waals surface area contributed by atoms with Crippen molar-refractivity contribution in [3.63, 3.8) is 0 Å². The van der Waals surface area contributed by atoms with Gasteiger partial charge in [0.05, 0.1) is 0 Å². The van der Waals surface area contributed by atoms with E-state index in [0.717, 1.165) is 0 Å². The summed E-state index contributed by atoms with van der Waals surface area (Å²) in [5, 5.41) is 0. The van der Waals surface area contributed by atoms with Crippen LogP contribution in [0, 0.1) is 19.8 Å². The molecule has 0 spiro atoms. The van der Waals surface area contributed by atoms with Gasteiger partial charge in [-0.1, -0.05) is 85.7 Å². The van der Waals surface area contributed by atoms with Crippen LogP contribution in [0.4, 0.5) is 0 Å². The molecule has 1 rings (SSSR count). The lowest BCUT2D eigenvalue weighted by Gasteiger charge is -1.95. The van der Waals surface area contributed by atoms with Gasteiger partial charge in [-0.05, 0) is 26.7 Å². The summed E-state index contributed by atoms with van der Waals surface area (Å²) in [5.41, 5.74) is 3.98. The molecule has 0 nitrogen and oxygen atoms in total. The van der Waals surface area contributed by atoms with Crippen LogP contribution in [0.3, 0.4) is 0 Å². The van der Waals surface area contributed by atoms with Crippen LogP contribution in [0.25, 0.3) is 0 Å². The lowest BCUT2D eigenvalue weighted by atomic mass is 10.1. The Balaban J connectivity index is 0.000000327. The van der Waals surface area contributed by atoms with Crippen LogP contribution in [0.2, 0.25) is 0 Å². The van der Waals surface area contributed by atoms with Crippen LogP contribution in [0.5, 0.6) is 0 Å². The number of hydrogen-bond acceptors (Lipinski definition) is 0. The number of allylic oxidation sites excluding steroid dienone is 5. The molecular weight excluding hydrogens is 216 g/mol. The predicted octanol–water partition coefficient (Wildman–Crippen LogP) is 5.63. The highest BCUT2D eigenvalue weighted by molar-refractivity contribution is 5.20. The maximum absolute atomic E-state index is 3.60. The molecule has 0 aliphatic rings. The highest BCUT2D eigenvalue weighted by Crippen LogP contribution is 2.02. The Morgan fingerprint density at radius 1 is 1.17 bits per heavy atom. The van der Waals surface area contributed by atoms with Crippen molar-refractivity contribution >= 4 is 0 Å². The monoisotopic (exact) mass is 242 g/mol. The van der Waals surface area contributed by atoms with Crippen molar-refractivity contribution in [3.05, 3.63) is 71.8 Å². The Morgan fingerprint density at radius 2 is 1.72 bits per heavy atom. The third-order valence-electron chi connectivity index (χ3n) is 2.26. The second-order valence-corrected chi connectivity index (χ2v) is 4.91. The average molecular weight is 242 g/mol. The van der Waals surface area contributed by atoms with Crippen molar-refractivity contribution in [2.75, 3.05) is 0 Å². The lowest BCUT2D eigenvalue weighted by Crippen LogP contribution is -1.79. The van der Waals surface area contributed by atoms with E-state index < -0.39 is 0 Å². The number of hydrogen-bond donors (Lipinski definition) is 0. The Kier molecular flexibility index (Phi) is 8.65. The molecule has 0 N–H and O–H groups in total. The molecule has 18 heavy (non-hydrogen) atoms. The molecule has 0 aliphatic heterocycles. The first-order valence-electron chi connectivity index (χ1n) is 6.46. The van der Waals surface area contributed by atoms with Gasteiger partial charge in [0, 0.05) is 0 Å². The van der Waals surface area contributed by atoms with Crippen molar-refractivity contribution in [1.82, 2.24) is 0 Å². The summed E-state index contributed by atoms with van der Waals surface area (Å²) in [6.45, 7) is 14.2. The smallest absolute Gasteiger partial charge is 0.0285 e. The van der Waals surface area contributed by atoms with E-state index >= 15 is 0 Å². The molecule has 0 atom stereocenters. The fraction of sp³-hybridized carbons (Fsp3) is 0.333. The molecule has 0 amide bonds. The summed E-state index contributed by atoms with van der Waals surface area (Å²) in [6, 6.07) is 8.45. The maximum Gasteiger partial charge on any atom is -0.0285 e. The molecule has 1 aromatic rings. The highest BCUT2D eigenvalue weighted by Gasteiger charge is 1.85. The van der Waals surface area contributed by atoms with Gasteiger partial charge in [0.25, 0.3) is 0 Å². The summed E-state index contributed by atoms with van der Waals surface area (Å²) in [4.78, 5) is 0. The minimum atomic E-state index is 0.634. The zero-order valence-electron chi connectivity index (χ0n) is 12.4. The third-order valence-corrected chi connectivity index (χ3v) is 2.26. The molecule has 1 aromatic carbocycles. The largest absolute Gasteiger partial charge is 0.0991 e. The molecule has 0 fully saturated rings. The normalized spacial score (nSPS) is 11.3. The Morgan fingerprint density at radius 3 is 2.06 bits per heavy atom. The van der Waals surface area contributed by atoms with Crippen LogP contribution in [-0.4, -0.2) is 0 Å². The molecule has 0 saturated heterocycles. The average Bonchev–Trinajstić information content (AvgIpc) is 2.26. The SMILES string of the molecule is C=C/C=C\C(C)=C/C(C)C.Cc1cccc(C)c1. The van der Waals surface area contributed by atoms with Crippen molar-refractivity contribution in [2.24, 2.45) is 5.92 Å². The molecule has 98 valence electrons. The van der Waals surface area contributed by atoms with E-state index in [1.165, 1.54) is 16.7 Å². The van der Waals surface area contributed by atoms with E-state index in [1.54, 1.807) is 6.08 Å². The molecule has 0 aromatic heterocycles. The summed E-state index contributed by atoms with van der Waals surface area (Å²) in [6.07, 6.45) is 8.03.